The number of anilines is 1. The molecule has 0 atom stereocenters. The molecule has 0 aliphatic heterocycles. The normalized spacial score (nSPS) is 14.1. The van der Waals surface area contributed by atoms with Crippen LogP contribution in [0.4, 0.5) is 10.5 Å². The van der Waals surface area contributed by atoms with E-state index in [1.807, 2.05) is 54.6 Å². The van der Waals surface area contributed by atoms with E-state index in [0.717, 1.165) is 24.0 Å². The summed E-state index contributed by atoms with van der Waals surface area (Å²) in [4.78, 5) is 23.1. The monoisotopic (exact) mass is 335 g/mol. The fraction of sp³-hybridized carbons (Fsp3) is 0.238. The van der Waals surface area contributed by atoms with Crippen LogP contribution in [0.3, 0.4) is 0 Å². The number of Topliss-reactive ketones (excluding diaryl/α,β-unsaturated/α-hetero) is 1. The summed E-state index contributed by atoms with van der Waals surface area (Å²) in [6.45, 7) is 0.246. The van der Waals surface area contributed by atoms with Crippen molar-refractivity contribution >= 4 is 23.6 Å². The highest BCUT2D eigenvalue weighted by Gasteiger charge is 2.12. The number of rotatable bonds is 4. The van der Waals surface area contributed by atoms with Crippen LogP contribution in [0.25, 0.3) is 6.08 Å². The minimum atomic E-state index is -0.472. The summed E-state index contributed by atoms with van der Waals surface area (Å²) in [7, 11) is 0. The highest BCUT2D eigenvalue weighted by atomic mass is 16.5. The number of ether oxygens (including phenoxy) is 1. The lowest BCUT2D eigenvalue weighted by molar-refractivity contribution is -0.119. The van der Waals surface area contributed by atoms with Gasteiger partial charge < -0.3 is 4.74 Å². The molecule has 0 heterocycles. The van der Waals surface area contributed by atoms with Crippen LogP contribution in [-0.2, 0) is 16.1 Å². The van der Waals surface area contributed by atoms with Crippen LogP contribution in [0.2, 0.25) is 0 Å². The number of ketones is 1. The van der Waals surface area contributed by atoms with Crippen molar-refractivity contribution in [2.24, 2.45) is 0 Å². The topological polar surface area (TPSA) is 55.4 Å². The van der Waals surface area contributed by atoms with Gasteiger partial charge in [-0.05, 0) is 36.1 Å². The van der Waals surface area contributed by atoms with Gasteiger partial charge in [0.25, 0.3) is 0 Å². The lowest BCUT2D eigenvalue weighted by Crippen LogP contribution is -2.13. The number of hydrogen-bond donors (Lipinski definition) is 1. The van der Waals surface area contributed by atoms with Crippen molar-refractivity contribution in [3.8, 4) is 0 Å². The van der Waals surface area contributed by atoms with Gasteiger partial charge in [0, 0.05) is 18.5 Å². The molecule has 0 radical (unpaired) electrons. The molecule has 128 valence electrons. The van der Waals surface area contributed by atoms with Crippen molar-refractivity contribution in [2.45, 2.75) is 32.3 Å². The van der Waals surface area contributed by atoms with Crippen molar-refractivity contribution in [1.82, 2.24) is 0 Å². The summed E-state index contributed by atoms with van der Waals surface area (Å²) in [5.41, 5.74) is 4.03. The van der Waals surface area contributed by atoms with Gasteiger partial charge in [-0.3, -0.25) is 10.1 Å². The summed E-state index contributed by atoms with van der Waals surface area (Å²) in [5.74, 6) is 0.353. The molecule has 2 aromatic rings. The predicted octanol–water partition coefficient (Wildman–Crippen LogP) is 4.96. The molecule has 3 rings (SSSR count). The van der Waals surface area contributed by atoms with Gasteiger partial charge in [-0.1, -0.05) is 54.1 Å². The third-order valence-electron chi connectivity index (χ3n) is 4.19. The quantitative estimate of drug-likeness (QED) is 0.859. The van der Waals surface area contributed by atoms with Crippen LogP contribution in [0.15, 0.2) is 60.2 Å². The Kier molecular flexibility index (Phi) is 5.62. The highest BCUT2D eigenvalue weighted by molar-refractivity contribution is 5.84. The third-order valence-corrected chi connectivity index (χ3v) is 4.19. The first-order chi connectivity index (χ1) is 12.2. The molecule has 1 amide bonds. The minimum absolute atomic E-state index is 0.246. The summed E-state index contributed by atoms with van der Waals surface area (Å²) in [5, 5.41) is 2.72. The molecular weight excluding hydrogens is 314 g/mol. The first-order valence-corrected chi connectivity index (χ1v) is 8.48. The summed E-state index contributed by atoms with van der Waals surface area (Å²) < 4.78 is 5.20. The van der Waals surface area contributed by atoms with Crippen LogP contribution in [0, 0.1) is 0 Å². The van der Waals surface area contributed by atoms with E-state index < -0.39 is 6.09 Å². The molecule has 1 fully saturated rings. The fourth-order valence-corrected chi connectivity index (χ4v) is 2.77. The van der Waals surface area contributed by atoms with Crippen LogP contribution < -0.4 is 5.32 Å². The Labute approximate surface area is 147 Å². The van der Waals surface area contributed by atoms with Crippen LogP contribution >= 0.6 is 0 Å². The van der Waals surface area contributed by atoms with Crippen molar-refractivity contribution in [1.29, 1.82) is 0 Å². The van der Waals surface area contributed by atoms with Gasteiger partial charge in [0.15, 0.2) is 0 Å². The van der Waals surface area contributed by atoms with Gasteiger partial charge in [0.2, 0.25) is 0 Å². The maximum Gasteiger partial charge on any atom is 0.411 e. The lowest BCUT2D eigenvalue weighted by atomic mass is 9.92. The Hall–Kier alpha value is -2.88. The zero-order valence-electron chi connectivity index (χ0n) is 14.0. The molecule has 0 unspecified atom stereocenters. The number of nitrogens with one attached hydrogen (secondary N) is 1. The number of benzene rings is 2. The zero-order chi connectivity index (χ0) is 17.5. The predicted molar refractivity (Wildman–Crippen MR) is 98.1 cm³/mol. The molecule has 25 heavy (non-hydrogen) atoms. The third kappa shape index (κ3) is 5.31. The fourth-order valence-electron chi connectivity index (χ4n) is 2.77. The first-order valence-electron chi connectivity index (χ1n) is 8.48. The molecule has 0 bridgehead atoms. The molecule has 0 saturated heterocycles. The molecular formula is C21H21NO3. The summed E-state index contributed by atoms with van der Waals surface area (Å²) in [6.07, 6.45) is 4.66. The van der Waals surface area contributed by atoms with Crippen molar-refractivity contribution in [2.75, 3.05) is 5.32 Å². The molecule has 4 heteroatoms. The van der Waals surface area contributed by atoms with E-state index in [-0.39, 0.29) is 6.61 Å². The van der Waals surface area contributed by atoms with E-state index in [9.17, 15) is 9.59 Å². The number of hydrogen-bond acceptors (Lipinski definition) is 3. The van der Waals surface area contributed by atoms with Crippen LogP contribution in [0.1, 0.15) is 36.8 Å². The Bertz CT molecular complexity index is 751. The molecule has 1 saturated carbocycles. The molecule has 1 N–H and O–H groups in total. The molecule has 0 aromatic heterocycles. The van der Waals surface area contributed by atoms with Crippen molar-refractivity contribution in [3.05, 3.63) is 71.3 Å². The number of carbonyl (C=O) groups excluding carboxylic acids is 2. The van der Waals surface area contributed by atoms with Gasteiger partial charge in [-0.2, -0.15) is 0 Å². The van der Waals surface area contributed by atoms with E-state index >= 15 is 0 Å². The Morgan fingerprint density at radius 3 is 2.32 bits per heavy atom. The standard InChI is InChI=1S/C21H21NO3/c23-20-12-8-17(9-13-20)14-16-6-10-19(11-7-16)22-21(24)25-15-18-4-2-1-3-5-18/h1-7,10-11,14H,8-9,12-13,15H2,(H,22,24). The zero-order valence-corrected chi connectivity index (χ0v) is 14.0. The molecule has 2 aromatic carbocycles. The van der Waals surface area contributed by atoms with Crippen molar-refractivity contribution < 1.29 is 14.3 Å². The first kappa shape index (κ1) is 17.0. The SMILES string of the molecule is O=C1CCC(=Cc2ccc(NC(=O)OCc3ccccc3)cc2)CC1. The second kappa shape index (κ2) is 8.29. The summed E-state index contributed by atoms with van der Waals surface area (Å²) >= 11 is 0. The smallest absolute Gasteiger partial charge is 0.411 e. The van der Waals surface area contributed by atoms with E-state index in [4.69, 9.17) is 4.74 Å². The van der Waals surface area contributed by atoms with Gasteiger partial charge in [-0.15, -0.1) is 0 Å². The number of carbonyl (C=O) groups is 2. The average Bonchev–Trinajstić information content (AvgIpc) is 2.64. The van der Waals surface area contributed by atoms with Gasteiger partial charge in [0.05, 0.1) is 0 Å². The molecule has 1 aliphatic rings. The minimum Gasteiger partial charge on any atom is -0.444 e. The maximum atomic E-state index is 11.8. The molecule has 1 aliphatic carbocycles. The lowest BCUT2D eigenvalue weighted by Gasteiger charge is -2.13. The van der Waals surface area contributed by atoms with Gasteiger partial charge >= 0.3 is 6.09 Å². The number of amides is 1. The number of allylic oxidation sites excluding steroid dienone is 1. The largest absolute Gasteiger partial charge is 0.444 e. The van der Waals surface area contributed by atoms with E-state index in [2.05, 4.69) is 11.4 Å². The van der Waals surface area contributed by atoms with E-state index in [1.54, 1.807) is 0 Å². The van der Waals surface area contributed by atoms with E-state index in [1.165, 1.54) is 5.57 Å². The Morgan fingerprint density at radius 2 is 1.64 bits per heavy atom. The average molecular weight is 335 g/mol. The Balaban J connectivity index is 1.51. The van der Waals surface area contributed by atoms with Gasteiger partial charge in [-0.25, -0.2) is 4.79 Å². The maximum absolute atomic E-state index is 11.8. The second-order valence-corrected chi connectivity index (χ2v) is 6.15. The van der Waals surface area contributed by atoms with Crippen LogP contribution in [-0.4, -0.2) is 11.9 Å². The second-order valence-electron chi connectivity index (χ2n) is 6.15. The highest BCUT2D eigenvalue weighted by Crippen LogP contribution is 2.23. The Morgan fingerprint density at radius 1 is 0.960 bits per heavy atom. The van der Waals surface area contributed by atoms with Crippen molar-refractivity contribution in [3.63, 3.8) is 0 Å². The van der Waals surface area contributed by atoms with Crippen LogP contribution in [0.5, 0.6) is 0 Å². The summed E-state index contributed by atoms with van der Waals surface area (Å²) in [6, 6.07) is 17.2. The van der Waals surface area contributed by atoms with E-state index in [0.29, 0.717) is 24.3 Å². The van der Waals surface area contributed by atoms with Gasteiger partial charge in [0.1, 0.15) is 12.4 Å². The molecule has 0 spiro atoms. The molecule has 4 nitrogen and oxygen atoms in total.